The highest BCUT2D eigenvalue weighted by Gasteiger charge is 2.07. The molecule has 96 valence electrons. The highest BCUT2D eigenvalue weighted by Crippen LogP contribution is 2.10. The van der Waals surface area contributed by atoms with Gasteiger partial charge >= 0.3 is 0 Å². The van der Waals surface area contributed by atoms with Crippen molar-refractivity contribution in [3.8, 4) is 0 Å². The van der Waals surface area contributed by atoms with Crippen LogP contribution in [0.1, 0.15) is 5.56 Å². The Morgan fingerprint density at radius 2 is 2.00 bits per heavy atom. The van der Waals surface area contributed by atoms with E-state index in [4.69, 9.17) is 11.6 Å². The van der Waals surface area contributed by atoms with Gasteiger partial charge in [-0.15, -0.1) is 0 Å². The maximum atomic E-state index is 12.3. The summed E-state index contributed by atoms with van der Waals surface area (Å²) in [4.78, 5) is 16.4. The minimum atomic E-state index is -0.0898. The quantitative estimate of drug-likeness (QED) is 0.716. The van der Waals surface area contributed by atoms with E-state index in [2.05, 4.69) is 10.1 Å². The van der Waals surface area contributed by atoms with Gasteiger partial charge in [-0.1, -0.05) is 23.7 Å². The Morgan fingerprint density at radius 3 is 2.74 bits per heavy atom. The standard InChI is InChI=1S/C13H11ClN4O/c1-17-7-11-12(16-17)15-8-18(13(11)19)6-9-2-4-10(14)5-3-9/h2-5,7-8H,6H2,1H3. The summed E-state index contributed by atoms with van der Waals surface area (Å²) in [5, 5.41) is 5.31. The van der Waals surface area contributed by atoms with E-state index < -0.39 is 0 Å². The molecule has 0 saturated carbocycles. The lowest BCUT2D eigenvalue weighted by atomic mass is 10.2. The second-order valence-corrected chi connectivity index (χ2v) is 4.78. The third-order valence-corrected chi connectivity index (χ3v) is 3.14. The number of aryl methyl sites for hydroxylation is 1. The number of benzene rings is 1. The Labute approximate surface area is 114 Å². The topological polar surface area (TPSA) is 52.7 Å². The Morgan fingerprint density at radius 1 is 1.26 bits per heavy atom. The van der Waals surface area contributed by atoms with E-state index in [0.717, 1.165) is 5.56 Å². The molecule has 2 aromatic heterocycles. The Hall–Kier alpha value is -2.14. The molecule has 0 saturated heterocycles. The van der Waals surface area contributed by atoms with Gasteiger partial charge in [0.1, 0.15) is 11.7 Å². The number of nitrogens with zero attached hydrogens (tertiary/aromatic N) is 4. The van der Waals surface area contributed by atoms with Crippen molar-refractivity contribution in [3.05, 3.63) is 57.7 Å². The number of fused-ring (bicyclic) bond motifs is 1. The number of aromatic nitrogens is 4. The molecule has 0 N–H and O–H groups in total. The van der Waals surface area contributed by atoms with Crippen molar-refractivity contribution in [2.75, 3.05) is 0 Å². The molecule has 0 unspecified atom stereocenters. The molecule has 0 spiro atoms. The fourth-order valence-electron chi connectivity index (χ4n) is 1.95. The van der Waals surface area contributed by atoms with Crippen LogP contribution >= 0.6 is 11.6 Å². The van der Waals surface area contributed by atoms with Gasteiger partial charge in [-0.25, -0.2) is 4.98 Å². The van der Waals surface area contributed by atoms with E-state index in [-0.39, 0.29) is 5.56 Å². The maximum absolute atomic E-state index is 12.3. The van der Waals surface area contributed by atoms with E-state index in [1.54, 1.807) is 34.6 Å². The smallest absolute Gasteiger partial charge is 0.264 e. The van der Waals surface area contributed by atoms with Crippen LogP contribution in [0.5, 0.6) is 0 Å². The van der Waals surface area contributed by atoms with Crippen LogP contribution < -0.4 is 5.56 Å². The lowest BCUT2D eigenvalue weighted by molar-refractivity contribution is 0.746. The molecule has 0 fully saturated rings. The summed E-state index contributed by atoms with van der Waals surface area (Å²) in [6.07, 6.45) is 3.20. The van der Waals surface area contributed by atoms with Crippen molar-refractivity contribution in [1.29, 1.82) is 0 Å². The minimum absolute atomic E-state index is 0.0898. The summed E-state index contributed by atoms with van der Waals surface area (Å²) >= 11 is 5.83. The summed E-state index contributed by atoms with van der Waals surface area (Å²) in [6.45, 7) is 0.466. The molecule has 0 radical (unpaired) electrons. The summed E-state index contributed by atoms with van der Waals surface area (Å²) in [6, 6.07) is 7.39. The largest absolute Gasteiger partial charge is 0.294 e. The highest BCUT2D eigenvalue weighted by atomic mass is 35.5. The number of rotatable bonds is 2. The first-order chi connectivity index (χ1) is 9.13. The van der Waals surface area contributed by atoms with Gasteiger partial charge in [-0.3, -0.25) is 14.0 Å². The van der Waals surface area contributed by atoms with Crippen molar-refractivity contribution in [2.24, 2.45) is 7.05 Å². The first-order valence-corrected chi connectivity index (χ1v) is 6.14. The van der Waals surface area contributed by atoms with Crippen LogP contribution in [0.3, 0.4) is 0 Å². The molecule has 0 aliphatic rings. The van der Waals surface area contributed by atoms with E-state index in [0.29, 0.717) is 22.6 Å². The van der Waals surface area contributed by atoms with Gasteiger partial charge in [0.25, 0.3) is 5.56 Å². The lowest BCUT2D eigenvalue weighted by Gasteiger charge is -2.04. The molecule has 5 nitrogen and oxygen atoms in total. The van der Waals surface area contributed by atoms with Gasteiger partial charge in [-0.2, -0.15) is 5.10 Å². The normalized spacial score (nSPS) is 11.1. The average Bonchev–Trinajstić information content (AvgIpc) is 2.77. The summed E-state index contributed by atoms with van der Waals surface area (Å²) in [5.41, 5.74) is 1.38. The SMILES string of the molecule is Cn1cc2c(=O)n(Cc3ccc(Cl)cc3)cnc2n1. The molecule has 3 aromatic rings. The summed E-state index contributed by atoms with van der Waals surface area (Å²) < 4.78 is 3.15. The summed E-state index contributed by atoms with van der Waals surface area (Å²) in [7, 11) is 1.77. The van der Waals surface area contributed by atoms with Gasteiger partial charge in [0, 0.05) is 18.3 Å². The molecule has 6 heteroatoms. The van der Waals surface area contributed by atoms with Crippen LogP contribution in [0.15, 0.2) is 41.6 Å². The predicted molar refractivity (Wildman–Crippen MR) is 73.3 cm³/mol. The van der Waals surface area contributed by atoms with Crippen molar-refractivity contribution < 1.29 is 0 Å². The zero-order valence-corrected chi connectivity index (χ0v) is 11.0. The van der Waals surface area contributed by atoms with Crippen molar-refractivity contribution >= 4 is 22.6 Å². The average molecular weight is 275 g/mol. The lowest BCUT2D eigenvalue weighted by Crippen LogP contribution is -2.20. The van der Waals surface area contributed by atoms with Crippen LogP contribution in [0.4, 0.5) is 0 Å². The molecule has 0 atom stereocenters. The van der Waals surface area contributed by atoms with Gasteiger partial charge < -0.3 is 0 Å². The monoisotopic (exact) mass is 274 g/mol. The molecule has 1 aromatic carbocycles. The van der Waals surface area contributed by atoms with Crippen molar-refractivity contribution in [2.45, 2.75) is 6.54 Å². The molecule has 3 rings (SSSR count). The Balaban J connectivity index is 2.03. The molecule has 0 aliphatic heterocycles. The van der Waals surface area contributed by atoms with Gasteiger partial charge in [-0.05, 0) is 17.7 Å². The van der Waals surface area contributed by atoms with Crippen LogP contribution in [0, 0.1) is 0 Å². The van der Waals surface area contributed by atoms with Crippen LogP contribution in [0.2, 0.25) is 5.02 Å². The zero-order valence-electron chi connectivity index (χ0n) is 10.2. The van der Waals surface area contributed by atoms with Gasteiger partial charge in [0.15, 0.2) is 5.65 Å². The second kappa shape index (κ2) is 4.51. The maximum Gasteiger partial charge on any atom is 0.264 e. The third-order valence-electron chi connectivity index (χ3n) is 2.89. The van der Waals surface area contributed by atoms with E-state index >= 15 is 0 Å². The second-order valence-electron chi connectivity index (χ2n) is 4.34. The van der Waals surface area contributed by atoms with Crippen LogP contribution in [0.25, 0.3) is 11.0 Å². The molecule has 0 bridgehead atoms. The van der Waals surface area contributed by atoms with Crippen molar-refractivity contribution in [3.63, 3.8) is 0 Å². The van der Waals surface area contributed by atoms with E-state index in [1.807, 2.05) is 12.1 Å². The van der Waals surface area contributed by atoms with Crippen LogP contribution in [-0.4, -0.2) is 19.3 Å². The van der Waals surface area contributed by atoms with Crippen molar-refractivity contribution in [1.82, 2.24) is 19.3 Å². The van der Waals surface area contributed by atoms with E-state index in [1.165, 1.54) is 6.33 Å². The molecular formula is C13H11ClN4O. The molecule has 2 heterocycles. The fraction of sp³-hybridized carbons (Fsp3) is 0.154. The van der Waals surface area contributed by atoms with E-state index in [9.17, 15) is 4.79 Å². The molecular weight excluding hydrogens is 264 g/mol. The summed E-state index contributed by atoms with van der Waals surface area (Å²) in [5.74, 6) is 0. The number of halogens is 1. The molecule has 0 aliphatic carbocycles. The van der Waals surface area contributed by atoms with Gasteiger partial charge in [0.2, 0.25) is 0 Å². The zero-order chi connectivity index (χ0) is 13.4. The Kier molecular flexibility index (Phi) is 2.83. The Bertz CT molecular complexity index is 789. The number of hydrogen-bond acceptors (Lipinski definition) is 3. The highest BCUT2D eigenvalue weighted by molar-refractivity contribution is 6.30. The predicted octanol–water partition coefficient (Wildman–Crippen LogP) is 1.83. The van der Waals surface area contributed by atoms with Gasteiger partial charge in [0.05, 0.1) is 6.54 Å². The molecule has 0 amide bonds. The first-order valence-electron chi connectivity index (χ1n) is 5.77. The fourth-order valence-corrected chi connectivity index (χ4v) is 2.08. The van der Waals surface area contributed by atoms with Crippen LogP contribution in [-0.2, 0) is 13.6 Å². The third kappa shape index (κ3) is 2.24. The number of hydrogen-bond donors (Lipinski definition) is 0. The first kappa shape index (κ1) is 11.9. The molecule has 19 heavy (non-hydrogen) atoms. The minimum Gasteiger partial charge on any atom is -0.294 e.